The zero-order chi connectivity index (χ0) is 13.7. The van der Waals surface area contributed by atoms with E-state index >= 15 is 0 Å². The standard InChI is InChI=1S/C14H18N2O3/c17-13(9-15-7-5-14(18)19)16-8-6-11-3-1-2-4-12(11)10-16/h1-4,15H,5-10H2,(H,18,19). The van der Waals surface area contributed by atoms with Gasteiger partial charge < -0.3 is 15.3 Å². The monoisotopic (exact) mass is 262 g/mol. The highest BCUT2D eigenvalue weighted by atomic mass is 16.4. The molecule has 1 aliphatic heterocycles. The number of carbonyl (C=O) groups is 2. The molecule has 0 saturated heterocycles. The van der Waals surface area contributed by atoms with E-state index in [1.54, 1.807) is 0 Å². The molecule has 1 amide bonds. The van der Waals surface area contributed by atoms with Gasteiger partial charge >= 0.3 is 5.97 Å². The van der Waals surface area contributed by atoms with E-state index in [0.717, 1.165) is 13.0 Å². The van der Waals surface area contributed by atoms with E-state index in [1.807, 2.05) is 23.1 Å². The van der Waals surface area contributed by atoms with Gasteiger partial charge in [-0.3, -0.25) is 9.59 Å². The molecule has 0 unspecified atom stereocenters. The second-order valence-corrected chi connectivity index (χ2v) is 4.65. The maximum absolute atomic E-state index is 12.0. The molecule has 1 aromatic carbocycles. The number of nitrogens with one attached hydrogen (secondary N) is 1. The summed E-state index contributed by atoms with van der Waals surface area (Å²) in [5.41, 5.74) is 2.51. The highest BCUT2D eigenvalue weighted by Crippen LogP contribution is 2.18. The fourth-order valence-electron chi connectivity index (χ4n) is 2.21. The van der Waals surface area contributed by atoms with Crippen LogP contribution >= 0.6 is 0 Å². The van der Waals surface area contributed by atoms with Crippen molar-refractivity contribution >= 4 is 11.9 Å². The molecule has 1 aromatic rings. The molecule has 1 aliphatic rings. The smallest absolute Gasteiger partial charge is 0.304 e. The van der Waals surface area contributed by atoms with Gasteiger partial charge in [0.2, 0.25) is 5.91 Å². The lowest BCUT2D eigenvalue weighted by Gasteiger charge is -2.29. The van der Waals surface area contributed by atoms with Crippen molar-refractivity contribution in [2.45, 2.75) is 19.4 Å². The van der Waals surface area contributed by atoms with Crippen molar-refractivity contribution in [1.82, 2.24) is 10.2 Å². The van der Waals surface area contributed by atoms with Crippen LogP contribution in [0.2, 0.25) is 0 Å². The summed E-state index contributed by atoms with van der Waals surface area (Å²) in [7, 11) is 0. The average molecular weight is 262 g/mol. The Morgan fingerprint density at radius 1 is 1.26 bits per heavy atom. The molecule has 102 valence electrons. The van der Waals surface area contributed by atoms with Gasteiger partial charge in [0.1, 0.15) is 0 Å². The van der Waals surface area contributed by atoms with Crippen molar-refractivity contribution in [2.24, 2.45) is 0 Å². The van der Waals surface area contributed by atoms with E-state index in [2.05, 4.69) is 11.4 Å². The van der Waals surface area contributed by atoms with Crippen molar-refractivity contribution in [2.75, 3.05) is 19.6 Å². The Labute approximate surface area is 112 Å². The molecule has 2 rings (SSSR count). The lowest BCUT2D eigenvalue weighted by molar-refractivity contribution is -0.137. The maximum atomic E-state index is 12.0. The summed E-state index contributed by atoms with van der Waals surface area (Å²) in [4.78, 5) is 24.1. The first kappa shape index (κ1) is 13.5. The van der Waals surface area contributed by atoms with E-state index in [4.69, 9.17) is 5.11 Å². The van der Waals surface area contributed by atoms with Gasteiger partial charge in [0, 0.05) is 19.6 Å². The summed E-state index contributed by atoms with van der Waals surface area (Å²) in [6, 6.07) is 8.15. The van der Waals surface area contributed by atoms with Crippen LogP contribution in [0.15, 0.2) is 24.3 Å². The molecule has 1 heterocycles. The van der Waals surface area contributed by atoms with Crippen molar-refractivity contribution in [3.05, 3.63) is 35.4 Å². The number of rotatable bonds is 5. The van der Waals surface area contributed by atoms with Crippen molar-refractivity contribution < 1.29 is 14.7 Å². The number of hydrogen-bond acceptors (Lipinski definition) is 3. The minimum absolute atomic E-state index is 0.0277. The number of carbonyl (C=O) groups excluding carboxylic acids is 1. The number of nitrogens with zero attached hydrogens (tertiary/aromatic N) is 1. The zero-order valence-corrected chi connectivity index (χ0v) is 10.8. The third-order valence-electron chi connectivity index (χ3n) is 3.28. The molecule has 0 spiro atoms. The van der Waals surface area contributed by atoms with E-state index in [-0.39, 0.29) is 18.9 Å². The molecule has 5 nitrogen and oxygen atoms in total. The Hall–Kier alpha value is -1.88. The molecule has 0 atom stereocenters. The Kier molecular flexibility index (Phi) is 4.52. The van der Waals surface area contributed by atoms with Gasteiger partial charge in [0.25, 0.3) is 0 Å². The summed E-state index contributed by atoms with van der Waals surface area (Å²) in [5, 5.41) is 11.4. The van der Waals surface area contributed by atoms with Gasteiger partial charge in [-0.2, -0.15) is 0 Å². The van der Waals surface area contributed by atoms with Gasteiger partial charge in [-0.15, -0.1) is 0 Å². The number of fused-ring (bicyclic) bond motifs is 1. The van der Waals surface area contributed by atoms with Crippen LogP contribution in [0.5, 0.6) is 0 Å². The molecule has 0 aromatic heterocycles. The Bertz CT molecular complexity index is 474. The fourth-order valence-corrected chi connectivity index (χ4v) is 2.21. The number of amides is 1. The molecule has 0 aliphatic carbocycles. The van der Waals surface area contributed by atoms with Crippen LogP contribution in [-0.4, -0.2) is 41.5 Å². The van der Waals surface area contributed by atoms with Crippen LogP contribution in [-0.2, 0) is 22.6 Å². The second-order valence-electron chi connectivity index (χ2n) is 4.65. The second kappa shape index (κ2) is 6.33. The molecule has 5 heteroatoms. The van der Waals surface area contributed by atoms with Crippen LogP contribution in [0.1, 0.15) is 17.5 Å². The number of carboxylic acids is 1. The van der Waals surface area contributed by atoms with Crippen LogP contribution < -0.4 is 5.32 Å². The zero-order valence-electron chi connectivity index (χ0n) is 10.8. The molecule has 0 radical (unpaired) electrons. The van der Waals surface area contributed by atoms with E-state index in [9.17, 15) is 9.59 Å². The minimum atomic E-state index is -0.855. The first-order chi connectivity index (χ1) is 9.16. The van der Waals surface area contributed by atoms with Crippen LogP contribution in [0.4, 0.5) is 0 Å². The highest BCUT2D eigenvalue weighted by Gasteiger charge is 2.19. The quantitative estimate of drug-likeness (QED) is 0.764. The van der Waals surface area contributed by atoms with Gasteiger partial charge in [-0.05, 0) is 17.5 Å². The Morgan fingerprint density at radius 3 is 2.74 bits per heavy atom. The summed E-state index contributed by atoms with van der Waals surface area (Å²) < 4.78 is 0. The van der Waals surface area contributed by atoms with Crippen LogP contribution in [0.25, 0.3) is 0 Å². The van der Waals surface area contributed by atoms with E-state index in [0.29, 0.717) is 13.1 Å². The molecule has 0 saturated carbocycles. The predicted octanol–water partition coefficient (Wildman–Crippen LogP) is 0.636. The molecule has 2 N–H and O–H groups in total. The van der Waals surface area contributed by atoms with Gasteiger partial charge in [0.15, 0.2) is 0 Å². The largest absolute Gasteiger partial charge is 0.481 e. The molecular weight excluding hydrogens is 244 g/mol. The third kappa shape index (κ3) is 3.79. The average Bonchev–Trinajstić information content (AvgIpc) is 2.42. The molecule has 0 bridgehead atoms. The first-order valence-corrected chi connectivity index (χ1v) is 6.44. The molecule has 0 fully saturated rings. The van der Waals surface area contributed by atoms with Gasteiger partial charge in [-0.25, -0.2) is 0 Å². The van der Waals surface area contributed by atoms with Crippen molar-refractivity contribution in [3.8, 4) is 0 Å². The number of aliphatic carboxylic acids is 1. The summed E-state index contributed by atoms with van der Waals surface area (Å²) in [5.74, 6) is -0.827. The fraction of sp³-hybridized carbons (Fsp3) is 0.429. The summed E-state index contributed by atoms with van der Waals surface area (Å²) >= 11 is 0. The summed E-state index contributed by atoms with van der Waals surface area (Å²) in [6.07, 6.45) is 0.924. The van der Waals surface area contributed by atoms with Crippen LogP contribution in [0, 0.1) is 0 Å². The minimum Gasteiger partial charge on any atom is -0.481 e. The molecular formula is C14H18N2O3. The normalized spacial score (nSPS) is 14.0. The van der Waals surface area contributed by atoms with Gasteiger partial charge in [0.05, 0.1) is 13.0 Å². The summed E-state index contributed by atoms with van der Waals surface area (Å²) in [6.45, 7) is 1.91. The van der Waals surface area contributed by atoms with Crippen molar-refractivity contribution in [3.63, 3.8) is 0 Å². The number of benzene rings is 1. The first-order valence-electron chi connectivity index (χ1n) is 6.44. The Morgan fingerprint density at radius 2 is 2.00 bits per heavy atom. The van der Waals surface area contributed by atoms with Crippen molar-refractivity contribution in [1.29, 1.82) is 0 Å². The van der Waals surface area contributed by atoms with Gasteiger partial charge in [-0.1, -0.05) is 24.3 Å². The lowest BCUT2D eigenvalue weighted by atomic mass is 10.00. The topological polar surface area (TPSA) is 69.6 Å². The van der Waals surface area contributed by atoms with Crippen LogP contribution in [0.3, 0.4) is 0 Å². The van der Waals surface area contributed by atoms with E-state index < -0.39 is 5.97 Å². The maximum Gasteiger partial charge on any atom is 0.304 e. The lowest BCUT2D eigenvalue weighted by Crippen LogP contribution is -2.41. The van der Waals surface area contributed by atoms with E-state index in [1.165, 1.54) is 11.1 Å². The third-order valence-corrected chi connectivity index (χ3v) is 3.28. The predicted molar refractivity (Wildman–Crippen MR) is 70.7 cm³/mol. The number of carboxylic acid groups (broad SMARTS) is 1. The highest BCUT2D eigenvalue weighted by molar-refractivity contribution is 5.78. The SMILES string of the molecule is O=C(O)CCNCC(=O)N1CCc2ccccc2C1. The Balaban J connectivity index is 1.80. The number of hydrogen-bond donors (Lipinski definition) is 2. The molecule has 19 heavy (non-hydrogen) atoms.